The van der Waals surface area contributed by atoms with E-state index in [0.29, 0.717) is 25.7 Å². The molecule has 0 aromatic carbocycles. The molecule has 0 saturated carbocycles. The molecule has 0 bridgehead atoms. The number of fused-ring (bicyclic) bond motifs is 1. The topological polar surface area (TPSA) is 140 Å². The van der Waals surface area contributed by atoms with Gasteiger partial charge < -0.3 is 25.9 Å². The summed E-state index contributed by atoms with van der Waals surface area (Å²) in [5.74, 6) is -1.10. The Kier molecular flexibility index (Phi) is 7.73. The summed E-state index contributed by atoms with van der Waals surface area (Å²) in [6, 6.07) is 1.93. The van der Waals surface area contributed by atoms with Crippen molar-refractivity contribution in [3.63, 3.8) is 0 Å². The van der Waals surface area contributed by atoms with Crippen LogP contribution in [-0.4, -0.2) is 56.8 Å². The van der Waals surface area contributed by atoms with Gasteiger partial charge >= 0.3 is 13.1 Å². The second kappa shape index (κ2) is 10.1. The Morgan fingerprint density at radius 2 is 2.03 bits per heavy atom. The highest BCUT2D eigenvalue weighted by atomic mass is 16.4. The van der Waals surface area contributed by atoms with Gasteiger partial charge in [-0.25, -0.2) is 0 Å². The van der Waals surface area contributed by atoms with Crippen molar-refractivity contribution in [2.24, 2.45) is 11.7 Å². The van der Waals surface area contributed by atoms with Crippen molar-refractivity contribution in [1.29, 1.82) is 0 Å². The third-order valence-electron chi connectivity index (χ3n) is 6.96. The van der Waals surface area contributed by atoms with Gasteiger partial charge in [-0.1, -0.05) is 12.8 Å². The van der Waals surface area contributed by atoms with Gasteiger partial charge in [-0.05, 0) is 81.4 Å². The standard InChI is InChI=1S/C21H34BN3O5/c23-21(20(27)28,9-1-2-10-22(29)30)16-6-4-11-25(12-8-16)18-7-3-5-15-14-24-19(26)13-17(15)18/h13-14,16,18,29-30H,1-12,23H2,(H,24,26)(H,27,28). The van der Waals surface area contributed by atoms with Crippen molar-refractivity contribution in [1.82, 2.24) is 9.88 Å². The first-order valence-electron chi connectivity index (χ1n) is 11.1. The van der Waals surface area contributed by atoms with Crippen LogP contribution >= 0.6 is 0 Å². The third kappa shape index (κ3) is 5.32. The van der Waals surface area contributed by atoms with Crippen molar-refractivity contribution in [2.75, 3.05) is 13.1 Å². The number of pyridine rings is 1. The summed E-state index contributed by atoms with van der Waals surface area (Å²) in [6.07, 6.45) is 8.91. The molecule has 0 radical (unpaired) electrons. The fourth-order valence-electron chi connectivity index (χ4n) is 5.24. The monoisotopic (exact) mass is 419 g/mol. The highest BCUT2D eigenvalue weighted by molar-refractivity contribution is 6.40. The summed E-state index contributed by atoms with van der Waals surface area (Å²) >= 11 is 0. The molecule has 3 unspecified atom stereocenters. The summed E-state index contributed by atoms with van der Waals surface area (Å²) < 4.78 is 0. The number of rotatable bonds is 8. The number of unbranched alkanes of at least 4 members (excludes halogenated alkanes) is 1. The lowest BCUT2D eigenvalue weighted by Crippen LogP contribution is -2.54. The van der Waals surface area contributed by atoms with E-state index in [-0.39, 0.29) is 23.8 Å². The average Bonchev–Trinajstić information content (AvgIpc) is 2.97. The molecule has 9 heteroatoms. The molecule has 30 heavy (non-hydrogen) atoms. The zero-order valence-electron chi connectivity index (χ0n) is 17.6. The van der Waals surface area contributed by atoms with E-state index in [9.17, 15) is 14.7 Å². The van der Waals surface area contributed by atoms with E-state index in [1.54, 1.807) is 6.07 Å². The third-order valence-corrected chi connectivity index (χ3v) is 6.96. The summed E-state index contributed by atoms with van der Waals surface area (Å²) in [5.41, 5.74) is 7.38. The van der Waals surface area contributed by atoms with Gasteiger partial charge in [0.2, 0.25) is 5.56 Å². The Morgan fingerprint density at radius 1 is 1.23 bits per heavy atom. The predicted octanol–water partition coefficient (Wildman–Crippen LogP) is 1.28. The number of aromatic nitrogens is 1. The van der Waals surface area contributed by atoms with Gasteiger partial charge in [-0.2, -0.15) is 0 Å². The van der Waals surface area contributed by atoms with E-state index in [2.05, 4.69) is 9.88 Å². The van der Waals surface area contributed by atoms with Crippen LogP contribution in [0.2, 0.25) is 6.32 Å². The van der Waals surface area contributed by atoms with E-state index in [4.69, 9.17) is 15.8 Å². The van der Waals surface area contributed by atoms with Gasteiger partial charge in [0.1, 0.15) is 5.54 Å². The Morgan fingerprint density at radius 3 is 2.77 bits per heavy atom. The molecule has 1 saturated heterocycles. The number of nitrogens with zero attached hydrogens (tertiary/aromatic N) is 1. The number of nitrogens with two attached hydrogens (primary N) is 1. The molecule has 6 N–H and O–H groups in total. The lowest BCUT2D eigenvalue weighted by Gasteiger charge is -2.36. The fourth-order valence-corrected chi connectivity index (χ4v) is 5.24. The number of aromatic amines is 1. The molecule has 1 aliphatic carbocycles. The smallest absolute Gasteiger partial charge is 0.451 e. The van der Waals surface area contributed by atoms with Gasteiger partial charge in [0.15, 0.2) is 0 Å². The molecule has 3 atom stereocenters. The van der Waals surface area contributed by atoms with Crippen molar-refractivity contribution >= 4 is 13.1 Å². The minimum absolute atomic E-state index is 0.0757. The quantitative estimate of drug-likeness (QED) is 0.316. The maximum absolute atomic E-state index is 12.1. The largest absolute Gasteiger partial charge is 0.480 e. The maximum Gasteiger partial charge on any atom is 0.451 e. The molecule has 1 fully saturated rings. The van der Waals surface area contributed by atoms with Crippen molar-refractivity contribution < 1.29 is 19.9 Å². The van der Waals surface area contributed by atoms with Crippen LogP contribution in [0.25, 0.3) is 0 Å². The van der Waals surface area contributed by atoms with Crippen molar-refractivity contribution in [2.45, 2.75) is 75.7 Å². The summed E-state index contributed by atoms with van der Waals surface area (Å²) in [4.78, 5) is 29.1. The number of carbonyl (C=O) groups is 1. The van der Waals surface area contributed by atoms with Gasteiger partial charge in [0, 0.05) is 18.3 Å². The number of likely N-dealkylation sites (tertiary alicyclic amines) is 1. The van der Waals surface area contributed by atoms with E-state index in [0.717, 1.165) is 50.8 Å². The molecule has 1 aromatic rings. The molecule has 0 spiro atoms. The zero-order valence-corrected chi connectivity index (χ0v) is 17.6. The van der Waals surface area contributed by atoms with Crippen LogP contribution in [0.15, 0.2) is 17.1 Å². The van der Waals surface area contributed by atoms with Crippen LogP contribution < -0.4 is 11.3 Å². The zero-order chi connectivity index (χ0) is 21.7. The lowest BCUT2D eigenvalue weighted by molar-refractivity contribution is -0.146. The molecule has 2 aliphatic rings. The highest BCUT2D eigenvalue weighted by Gasteiger charge is 2.42. The van der Waals surface area contributed by atoms with Crippen LogP contribution in [0.4, 0.5) is 0 Å². The van der Waals surface area contributed by atoms with E-state index < -0.39 is 18.6 Å². The number of carboxylic acid groups (broad SMARTS) is 1. The average molecular weight is 419 g/mol. The number of carboxylic acids is 1. The SMILES string of the molecule is NC(CCCCB(O)O)(C(=O)O)C1CCCN(C2CCCc3c[nH]c(=O)cc32)CC1. The van der Waals surface area contributed by atoms with Gasteiger partial charge in [-0.15, -0.1) is 0 Å². The van der Waals surface area contributed by atoms with Crippen LogP contribution in [0.5, 0.6) is 0 Å². The number of aliphatic carboxylic acids is 1. The maximum atomic E-state index is 12.1. The van der Waals surface area contributed by atoms with E-state index in [1.165, 1.54) is 5.56 Å². The first kappa shape index (κ1) is 23.0. The molecule has 8 nitrogen and oxygen atoms in total. The van der Waals surface area contributed by atoms with E-state index in [1.807, 2.05) is 6.20 Å². The number of aryl methyl sites for hydroxylation is 1. The van der Waals surface area contributed by atoms with Gasteiger partial charge in [0.05, 0.1) is 0 Å². The van der Waals surface area contributed by atoms with E-state index >= 15 is 0 Å². The summed E-state index contributed by atoms with van der Waals surface area (Å²) in [7, 11) is -1.36. The number of H-pyrrole nitrogens is 1. The minimum atomic E-state index is -1.36. The minimum Gasteiger partial charge on any atom is -0.480 e. The molecule has 3 rings (SSSR count). The summed E-state index contributed by atoms with van der Waals surface area (Å²) in [6.45, 7) is 1.64. The van der Waals surface area contributed by atoms with Crippen LogP contribution in [0.1, 0.15) is 68.5 Å². The Bertz CT molecular complexity index is 786. The first-order chi connectivity index (χ1) is 14.3. The number of hydrogen-bond acceptors (Lipinski definition) is 6. The van der Waals surface area contributed by atoms with Crippen molar-refractivity contribution in [3.8, 4) is 0 Å². The summed E-state index contributed by atoms with van der Waals surface area (Å²) in [5, 5.41) is 27.9. The van der Waals surface area contributed by atoms with Gasteiger partial charge in [-0.3, -0.25) is 14.5 Å². The number of nitrogens with one attached hydrogen (secondary N) is 1. The first-order valence-corrected chi connectivity index (χ1v) is 11.1. The molecule has 2 heterocycles. The Balaban J connectivity index is 1.67. The van der Waals surface area contributed by atoms with Crippen LogP contribution in [-0.2, 0) is 11.2 Å². The highest BCUT2D eigenvalue weighted by Crippen LogP contribution is 2.37. The molecule has 1 aliphatic heterocycles. The molecule has 1 aromatic heterocycles. The Labute approximate surface area is 177 Å². The predicted molar refractivity (Wildman–Crippen MR) is 115 cm³/mol. The number of hydrogen-bond donors (Lipinski definition) is 5. The lowest BCUT2D eigenvalue weighted by atomic mass is 9.75. The van der Waals surface area contributed by atoms with Crippen molar-refractivity contribution in [3.05, 3.63) is 33.7 Å². The normalized spacial score (nSPS) is 24.5. The molecular weight excluding hydrogens is 385 g/mol. The van der Waals surface area contributed by atoms with Crippen LogP contribution in [0, 0.1) is 5.92 Å². The second-order valence-electron chi connectivity index (χ2n) is 8.92. The fraction of sp³-hybridized carbons (Fsp3) is 0.714. The molecule has 166 valence electrons. The molecule has 0 amide bonds. The Hall–Kier alpha value is -1.68. The van der Waals surface area contributed by atoms with Gasteiger partial charge in [0.25, 0.3) is 0 Å². The van der Waals surface area contributed by atoms with Crippen LogP contribution in [0.3, 0.4) is 0 Å². The molecular formula is C21H34BN3O5. The second-order valence-corrected chi connectivity index (χ2v) is 8.92.